The van der Waals surface area contributed by atoms with E-state index in [2.05, 4.69) is 19.9 Å². The van der Waals surface area contributed by atoms with E-state index in [9.17, 15) is 22.0 Å². The molecule has 12 heteroatoms. The Labute approximate surface area is 192 Å². The number of benzene rings is 1. The first-order valence-electron chi connectivity index (χ1n) is 10.1. The standard InChI is InChI=1S/C22H18F3N5O3S/c1-2-5-34(32,33)30-20-17(24)4-3-14(19(20)25)21(31)16-11-29-22-15(16)6-12(8-28-22)13-9-26-18(7-23)27-10-13/h3-4,6,8-11,30H,2,5,7H2,1H3,(H,28,29). The molecule has 0 aliphatic rings. The van der Waals surface area contributed by atoms with E-state index in [1.165, 1.54) is 24.8 Å². The zero-order valence-electron chi connectivity index (χ0n) is 17.8. The molecule has 1 aromatic carbocycles. The molecule has 0 aliphatic carbocycles. The largest absolute Gasteiger partial charge is 0.345 e. The number of fused-ring (bicyclic) bond motifs is 1. The summed E-state index contributed by atoms with van der Waals surface area (Å²) in [7, 11) is -3.99. The molecule has 0 amide bonds. The predicted octanol–water partition coefficient (Wildman–Crippen LogP) is 4.15. The van der Waals surface area contributed by atoms with Gasteiger partial charge in [0.1, 0.15) is 23.8 Å². The first kappa shape index (κ1) is 23.4. The summed E-state index contributed by atoms with van der Waals surface area (Å²) < 4.78 is 67.9. The predicted molar refractivity (Wildman–Crippen MR) is 119 cm³/mol. The van der Waals surface area contributed by atoms with Crippen molar-refractivity contribution >= 4 is 32.5 Å². The number of aromatic nitrogens is 4. The summed E-state index contributed by atoms with van der Waals surface area (Å²) in [5, 5.41) is 0.342. The van der Waals surface area contributed by atoms with Gasteiger partial charge in [0.2, 0.25) is 10.0 Å². The molecule has 3 aromatic heterocycles. The fraction of sp³-hybridized carbons (Fsp3) is 0.182. The second-order valence-corrected chi connectivity index (χ2v) is 9.22. The molecule has 4 aromatic rings. The van der Waals surface area contributed by atoms with Gasteiger partial charge in [0.15, 0.2) is 17.4 Å². The van der Waals surface area contributed by atoms with Gasteiger partial charge < -0.3 is 4.98 Å². The molecule has 2 N–H and O–H groups in total. The zero-order chi connectivity index (χ0) is 24.5. The number of pyridine rings is 1. The highest BCUT2D eigenvalue weighted by molar-refractivity contribution is 7.92. The van der Waals surface area contributed by atoms with Crippen molar-refractivity contribution in [3.05, 3.63) is 71.6 Å². The van der Waals surface area contributed by atoms with Gasteiger partial charge in [-0.3, -0.25) is 9.52 Å². The molecule has 0 aliphatic heterocycles. The maximum Gasteiger partial charge on any atom is 0.232 e. The minimum absolute atomic E-state index is 0.0208. The van der Waals surface area contributed by atoms with Crippen molar-refractivity contribution < 1.29 is 26.4 Å². The van der Waals surface area contributed by atoms with E-state index in [4.69, 9.17) is 0 Å². The Balaban J connectivity index is 1.75. The van der Waals surface area contributed by atoms with Crippen LogP contribution >= 0.6 is 0 Å². The van der Waals surface area contributed by atoms with Gasteiger partial charge in [-0.2, -0.15) is 0 Å². The van der Waals surface area contributed by atoms with Crippen LogP contribution in [0, 0.1) is 11.6 Å². The fourth-order valence-corrected chi connectivity index (χ4v) is 4.50. The summed E-state index contributed by atoms with van der Waals surface area (Å²) in [5.41, 5.74) is -0.00942. The molecule has 176 valence electrons. The van der Waals surface area contributed by atoms with Crippen molar-refractivity contribution in [3.63, 3.8) is 0 Å². The Kier molecular flexibility index (Phi) is 6.33. The second-order valence-electron chi connectivity index (χ2n) is 7.38. The number of sulfonamides is 1. The van der Waals surface area contributed by atoms with E-state index >= 15 is 4.39 Å². The summed E-state index contributed by atoms with van der Waals surface area (Å²) in [6, 6.07) is 3.37. The molecule has 4 rings (SSSR count). The van der Waals surface area contributed by atoms with Crippen LogP contribution in [0.4, 0.5) is 18.9 Å². The van der Waals surface area contributed by atoms with Crippen LogP contribution in [0.5, 0.6) is 0 Å². The minimum atomic E-state index is -3.99. The SMILES string of the molecule is CCCS(=O)(=O)Nc1c(F)ccc(C(=O)c2c[nH]c3ncc(-c4cnc(CF)nc4)cc23)c1F. The van der Waals surface area contributed by atoms with Gasteiger partial charge in [0, 0.05) is 46.9 Å². The molecule has 0 saturated carbocycles. The number of halogens is 3. The molecular weight excluding hydrogens is 471 g/mol. The number of carbonyl (C=O) groups is 1. The average molecular weight is 489 g/mol. The van der Waals surface area contributed by atoms with Crippen molar-refractivity contribution in [1.29, 1.82) is 0 Å². The summed E-state index contributed by atoms with van der Waals surface area (Å²) in [6.45, 7) is 0.792. The lowest BCUT2D eigenvalue weighted by Crippen LogP contribution is -2.19. The third-order valence-corrected chi connectivity index (χ3v) is 6.46. The quantitative estimate of drug-likeness (QED) is 0.359. The van der Waals surface area contributed by atoms with Gasteiger partial charge in [-0.15, -0.1) is 0 Å². The van der Waals surface area contributed by atoms with Gasteiger partial charge >= 0.3 is 0 Å². The molecule has 0 bridgehead atoms. The summed E-state index contributed by atoms with van der Waals surface area (Å²) in [6.07, 6.45) is 5.89. The molecular formula is C22H18F3N5O3S. The smallest absolute Gasteiger partial charge is 0.232 e. The highest BCUT2D eigenvalue weighted by Gasteiger charge is 2.25. The van der Waals surface area contributed by atoms with Gasteiger partial charge in [-0.1, -0.05) is 6.92 Å². The number of anilines is 1. The lowest BCUT2D eigenvalue weighted by atomic mass is 10.0. The summed E-state index contributed by atoms with van der Waals surface area (Å²) in [5.74, 6) is -3.58. The third-order valence-electron chi connectivity index (χ3n) is 5.00. The van der Waals surface area contributed by atoms with Gasteiger partial charge in [-0.25, -0.2) is 36.5 Å². The lowest BCUT2D eigenvalue weighted by Gasteiger charge is -2.11. The van der Waals surface area contributed by atoms with E-state index < -0.39 is 45.4 Å². The normalized spacial score (nSPS) is 11.6. The van der Waals surface area contributed by atoms with Gasteiger partial charge in [0.05, 0.1) is 11.3 Å². The van der Waals surface area contributed by atoms with Crippen LogP contribution in [-0.4, -0.2) is 39.9 Å². The number of aromatic amines is 1. The van der Waals surface area contributed by atoms with Crippen molar-refractivity contribution in [3.8, 4) is 11.1 Å². The first-order valence-corrected chi connectivity index (χ1v) is 11.8. The topological polar surface area (TPSA) is 118 Å². The first-order chi connectivity index (χ1) is 16.2. The highest BCUT2D eigenvalue weighted by Crippen LogP contribution is 2.29. The molecule has 34 heavy (non-hydrogen) atoms. The maximum atomic E-state index is 15.1. The summed E-state index contributed by atoms with van der Waals surface area (Å²) in [4.78, 5) is 28.0. The van der Waals surface area contributed by atoms with Crippen LogP contribution in [0.25, 0.3) is 22.2 Å². The number of nitrogens with zero attached hydrogens (tertiary/aromatic N) is 3. The average Bonchev–Trinajstić information content (AvgIpc) is 3.25. The zero-order valence-corrected chi connectivity index (χ0v) is 18.6. The molecule has 0 saturated heterocycles. The van der Waals surface area contributed by atoms with Crippen molar-refractivity contribution in [1.82, 2.24) is 19.9 Å². The molecule has 0 unspecified atom stereocenters. The number of alkyl halides is 1. The van der Waals surface area contributed by atoms with Gasteiger partial charge in [-0.05, 0) is 24.6 Å². The minimum Gasteiger partial charge on any atom is -0.345 e. The van der Waals surface area contributed by atoms with E-state index in [1.54, 1.807) is 13.0 Å². The monoisotopic (exact) mass is 489 g/mol. The second kappa shape index (κ2) is 9.21. The van der Waals surface area contributed by atoms with E-state index in [1.807, 2.05) is 4.72 Å². The molecule has 0 atom stereocenters. The number of hydrogen-bond acceptors (Lipinski definition) is 6. The van der Waals surface area contributed by atoms with Gasteiger partial charge in [0.25, 0.3) is 0 Å². The van der Waals surface area contributed by atoms with Crippen LogP contribution in [0.15, 0.2) is 43.0 Å². The third kappa shape index (κ3) is 4.49. The van der Waals surface area contributed by atoms with E-state index in [0.717, 1.165) is 12.1 Å². The Bertz CT molecular complexity index is 1490. The highest BCUT2D eigenvalue weighted by atomic mass is 32.2. The fourth-order valence-electron chi connectivity index (χ4n) is 3.36. The van der Waals surface area contributed by atoms with Crippen molar-refractivity contribution in [2.45, 2.75) is 20.0 Å². The molecule has 0 fully saturated rings. The molecule has 3 heterocycles. The maximum absolute atomic E-state index is 15.1. The van der Waals surface area contributed by atoms with E-state index in [0.29, 0.717) is 22.2 Å². The summed E-state index contributed by atoms with van der Waals surface area (Å²) >= 11 is 0. The number of H-pyrrole nitrogens is 1. The van der Waals surface area contributed by atoms with Crippen LogP contribution in [0.3, 0.4) is 0 Å². The number of carbonyl (C=O) groups excluding carboxylic acids is 1. The Morgan fingerprint density at radius 2 is 1.76 bits per heavy atom. The van der Waals surface area contributed by atoms with Crippen LogP contribution < -0.4 is 4.72 Å². The van der Waals surface area contributed by atoms with Crippen molar-refractivity contribution in [2.75, 3.05) is 10.5 Å². The van der Waals surface area contributed by atoms with E-state index in [-0.39, 0.29) is 23.6 Å². The number of ketones is 1. The lowest BCUT2D eigenvalue weighted by molar-refractivity contribution is 0.103. The Hall–Kier alpha value is -3.80. The van der Waals surface area contributed by atoms with Crippen LogP contribution in [0.2, 0.25) is 0 Å². The Morgan fingerprint density at radius 3 is 2.44 bits per heavy atom. The molecule has 0 radical (unpaired) electrons. The molecule has 8 nitrogen and oxygen atoms in total. The number of nitrogens with one attached hydrogen (secondary N) is 2. The van der Waals surface area contributed by atoms with Crippen molar-refractivity contribution in [2.24, 2.45) is 0 Å². The Morgan fingerprint density at radius 1 is 1.06 bits per heavy atom. The number of hydrogen-bond donors (Lipinski definition) is 2. The molecule has 0 spiro atoms. The number of rotatable bonds is 8. The van der Waals surface area contributed by atoms with Crippen LogP contribution in [0.1, 0.15) is 35.1 Å². The van der Waals surface area contributed by atoms with Crippen LogP contribution in [-0.2, 0) is 16.7 Å².